The van der Waals surface area contributed by atoms with E-state index in [9.17, 15) is 14.7 Å². The van der Waals surface area contributed by atoms with Crippen LogP contribution in [0.15, 0.2) is 66.9 Å². The average Bonchev–Trinajstić information content (AvgIpc) is 3.15. The third-order valence-electron chi connectivity index (χ3n) is 5.73. The maximum Gasteiger partial charge on any atom is 0.356 e. The number of hydrogen-bond acceptors (Lipinski definition) is 6. The van der Waals surface area contributed by atoms with Gasteiger partial charge >= 0.3 is 5.97 Å². The minimum absolute atomic E-state index is 0.171. The average molecular weight is 487 g/mol. The number of phenolic OH excluding ortho intramolecular Hbond substituents is 1. The van der Waals surface area contributed by atoms with E-state index in [1.165, 1.54) is 7.11 Å². The summed E-state index contributed by atoms with van der Waals surface area (Å²) >= 11 is 0. The molecule has 2 aromatic carbocycles. The summed E-state index contributed by atoms with van der Waals surface area (Å²) in [7, 11) is 1.33. The Morgan fingerprint density at radius 2 is 1.78 bits per heavy atom. The fourth-order valence-electron chi connectivity index (χ4n) is 4.08. The number of rotatable bonds is 9. The first kappa shape index (κ1) is 24.8. The van der Waals surface area contributed by atoms with Crippen LogP contribution in [0.3, 0.4) is 0 Å². The Kier molecular flexibility index (Phi) is 7.53. The number of methoxy groups -OCH3 is 1. The van der Waals surface area contributed by atoms with E-state index in [0.29, 0.717) is 29.8 Å². The number of ether oxygens (including phenoxy) is 1. The SMILES string of the molecule is COC(=O)c1c(NC(=O)Cc2ccccc2)c2cc(NCc3ccc(O)cc3)cnc2n1CC(C)C. The zero-order chi connectivity index (χ0) is 25.7. The Morgan fingerprint density at radius 3 is 2.44 bits per heavy atom. The van der Waals surface area contributed by atoms with Crippen molar-refractivity contribution in [3.05, 3.63) is 83.7 Å². The molecule has 0 atom stereocenters. The van der Waals surface area contributed by atoms with Crippen LogP contribution < -0.4 is 10.6 Å². The van der Waals surface area contributed by atoms with E-state index in [1.54, 1.807) is 18.3 Å². The summed E-state index contributed by atoms with van der Waals surface area (Å²) in [5.74, 6) is -0.342. The molecule has 0 spiro atoms. The molecule has 0 saturated heterocycles. The zero-order valence-corrected chi connectivity index (χ0v) is 20.6. The van der Waals surface area contributed by atoms with Gasteiger partial charge in [0, 0.05) is 18.5 Å². The lowest BCUT2D eigenvalue weighted by Gasteiger charge is -2.12. The molecule has 0 aliphatic rings. The van der Waals surface area contributed by atoms with Crippen LogP contribution >= 0.6 is 0 Å². The van der Waals surface area contributed by atoms with Crippen LogP contribution in [0.2, 0.25) is 0 Å². The number of nitrogens with one attached hydrogen (secondary N) is 2. The monoisotopic (exact) mass is 486 g/mol. The summed E-state index contributed by atoms with van der Waals surface area (Å²) < 4.78 is 6.91. The van der Waals surface area contributed by atoms with Gasteiger partial charge in [-0.15, -0.1) is 0 Å². The molecule has 8 nitrogen and oxygen atoms in total. The van der Waals surface area contributed by atoms with Gasteiger partial charge in [0.1, 0.15) is 11.4 Å². The number of benzene rings is 2. The van der Waals surface area contributed by atoms with Gasteiger partial charge < -0.3 is 25.0 Å². The van der Waals surface area contributed by atoms with Crippen LogP contribution in [0.1, 0.15) is 35.5 Å². The Morgan fingerprint density at radius 1 is 1.06 bits per heavy atom. The molecule has 4 rings (SSSR count). The second-order valence-electron chi connectivity index (χ2n) is 9.05. The first-order chi connectivity index (χ1) is 17.4. The predicted molar refractivity (Wildman–Crippen MR) is 140 cm³/mol. The quantitative estimate of drug-likeness (QED) is 0.288. The van der Waals surface area contributed by atoms with Gasteiger partial charge in [0.2, 0.25) is 5.91 Å². The highest BCUT2D eigenvalue weighted by atomic mass is 16.5. The lowest BCUT2D eigenvalue weighted by molar-refractivity contribution is -0.115. The Hall–Kier alpha value is -4.33. The number of pyridine rings is 1. The predicted octanol–water partition coefficient (Wildman–Crippen LogP) is 4.98. The van der Waals surface area contributed by atoms with Gasteiger partial charge in [-0.3, -0.25) is 4.79 Å². The van der Waals surface area contributed by atoms with Crippen molar-refractivity contribution in [2.45, 2.75) is 33.4 Å². The highest BCUT2D eigenvalue weighted by molar-refractivity contribution is 6.11. The maximum absolute atomic E-state index is 13.0. The molecular formula is C28H30N4O4. The molecule has 0 radical (unpaired) electrons. The number of nitrogens with zero attached hydrogens (tertiary/aromatic N) is 2. The number of amides is 1. The minimum atomic E-state index is -0.540. The van der Waals surface area contributed by atoms with Crippen LogP contribution in [0.5, 0.6) is 5.75 Å². The van der Waals surface area contributed by atoms with Gasteiger partial charge in [0.15, 0.2) is 5.69 Å². The topological polar surface area (TPSA) is 105 Å². The summed E-state index contributed by atoms with van der Waals surface area (Å²) in [6, 6.07) is 18.2. The zero-order valence-electron chi connectivity index (χ0n) is 20.6. The van der Waals surface area contributed by atoms with Gasteiger partial charge in [0.25, 0.3) is 0 Å². The van der Waals surface area contributed by atoms with E-state index in [0.717, 1.165) is 16.8 Å². The number of carbonyl (C=O) groups is 2. The van der Waals surface area contributed by atoms with Gasteiger partial charge in [-0.25, -0.2) is 9.78 Å². The molecule has 36 heavy (non-hydrogen) atoms. The van der Waals surface area contributed by atoms with Crippen LogP contribution in [0, 0.1) is 5.92 Å². The second kappa shape index (κ2) is 10.9. The van der Waals surface area contributed by atoms with Gasteiger partial charge in [-0.1, -0.05) is 56.3 Å². The molecule has 8 heteroatoms. The molecule has 2 aromatic heterocycles. The number of esters is 1. The number of aromatic hydroxyl groups is 1. The highest BCUT2D eigenvalue weighted by Gasteiger charge is 2.26. The molecule has 3 N–H and O–H groups in total. The molecular weight excluding hydrogens is 456 g/mol. The molecule has 2 heterocycles. The summed E-state index contributed by atoms with van der Waals surface area (Å²) in [6.45, 7) is 5.14. The van der Waals surface area contributed by atoms with Crippen LogP contribution in [-0.4, -0.2) is 33.6 Å². The maximum atomic E-state index is 13.0. The van der Waals surface area contributed by atoms with Crippen molar-refractivity contribution in [1.82, 2.24) is 9.55 Å². The van der Waals surface area contributed by atoms with Crippen molar-refractivity contribution in [2.24, 2.45) is 5.92 Å². The van der Waals surface area contributed by atoms with Crippen LogP contribution in [0.4, 0.5) is 11.4 Å². The number of aromatic nitrogens is 2. The highest BCUT2D eigenvalue weighted by Crippen LogP contribution is 2.33. The molecule has 186 valence electrons. The molecule has 0 bridgehead atoms. The Bertz CT molecular complexity index is 1360. The third-order valence-corrected chi connectivity index (χ3v) is 5.73. The lowest BCUT2D eigenvalue weighted by atomic mass is 10.1. The summed E-state index contributed by atoms with van der Waals surface area (Å²) in [6.07, 6.45) is 1.88. The molecule has 0 unspecified atom stereocenters. The fraction of sp³-hybridized carbons (Fsp3) is 0.250. The van der Waals surface area contributed by atoms with Crippen molar-refractivity contribution < 1.29 is 19.4 Å². The largest absolute Gasteiger partial charge is 0.508 e. The normalized spacial score (nSPS) is 11.0. The second-order valence-corrected chi connectivity index (χ2v) is 9.05. The number of anilines is 2. The number of hydrogen-bond donors (Lipinski definition) is 3. The third kappa shape index (κ3) is 5.66. The molecule has 0 saturated carbocycles. The fourth-order valence-corrected chi connectivity index (χ4v) is 4.08. The van der Waals surface area contributed by atoms with Gasteiger partial charge in [-0.2, -0.15) is 0 Å². The Balaban J connectivity index is 1.73. The van der Waals surface area contributed by atoms with Crippen molar-refractivity contribution in [2.75, 3.05) is 17.7 Å². The standard InChI is InChI=1S/C28H30N4O4/c1-18(2)17-32-26(28(35)36-3)25(31-24(34)13-19-7-5-4-6-8-19)23-14-21(16-30-27(23)32)29-15-20-9-11-22(33)12-10-20/h4-12,14,16,18,29,33H,13,15,17H2,1-3H3,(H,31,34). The van der Waals surface area contributed by atoms with Crippen LogP contribution in [-0.2, 0) is 29.0 Å². The van der Waals surface area contributed by atoms with E-state index in [-0.39, 0.29) is 29.7 Å². The van der Waals surface area contributed by atoms with Crippen LogP contribution in [0.25, 0.3) is 11.0 Å². The smallest absolute Gasteiger partial charge is 0.356 e. The Labute approximate surface area is 209 Å². The summed E-state index contributed by atoms with van der Waals surface area (Å²) in [5.41, 5.74) is 3.83. The lowest BCUT2D eigenvalue weighted by Crippen LogP contribution is -2.19. The van der Waals surface area contributed by atoms with Gasteiger partial charge in [0.05, 0.1) is 31.1 Å². The van der Waals surface area contributed by atoms with Crippen molar-refractivity contribution in [3.63, 3.8) is 0 Å². The molecule has 0 fully saturated rings. The van der Waals surface area contributed by atoms with Crippen molar-refractivity contribution >= 4 is 34.3 Å². The summed E-state index contributed by atoms with van der Waals surface area (Å²) in [5, 5.41) is 16.4. The van der Waals surface area contributed by atoms with E-state index in [4.69, 9.17) is 4.74 Å². The number of fused-ring (bicyclic) bond motifs is 1. The summed E-state index contributed by atoms with van der Waals surface area (Å²) in [4.78, 5) is 30.6. The first-order valence-corrected chi connectivity index (χ1v) is 11.8. The van der Waals surface area contributed by atoms with Crippen molar-refractivity contribution in [3.8, 4) is 5.75 Å². The van der Waals surface area contributed by atoms with E-state index in [2.05, 4.69) is 15.6 Å². The van der Waals surface area contributed by atoms with Crippen molar-refractivity contribution in [1.29, 1.82) is 0 Å². The minimum Gasteiger partial charge on any atom is -0.508 e. The van der Waals surface area contributed by atoms with E-state index >= 15 is 0 Å². The number of carbonyl (C=O) groups excluding carboxylic acids is 2. The van der Waals surface area contributed by atoms with Gasteiger partial charge in [-0.05, 0) is 35.2 Å². The van der Waals surface area contributed by atoms with E-state index < -0.39 is 5.97 Å². The molecule has 0 aliphatic heterocycles. The molecule has 1 amide bonds. The first-order valence-electron chi connectivity index (χ1n) is 11.8. The molecule has 4 aromatic rings. The molecule has 0 aliphatic carbocycles. The van der Waals surface area contributed by atoms with E-state index in [1.807, 2.05) is 66.9 Å². The number of phenols is 1.